The van der Waals surface area contributed by atoms with Gasteiger partial charge < -0.3 is 9.84 Å². The summed E-state index contributed by atoms with van der Waals surface area (Å²) in [6.07, 6.45) is 12.3. The molecule has 0 saturated heterocycles. The lowest BCUT2D eigenvalue weighted by Crippen LogP contribution is -2.67. The first-order chi connectivity index (χ1) is 17.7. The molecule has 0 heterocycles. The first-order valence-electron chi connectivity index (χ1n) is 16.1. The van der Waals surface area contributed by atoms with Crippen LogP contribution < -0.4 is 0 Å². The van der Waals surface area contributed by atoms with Crippen LogP contribution in [0.4, 0.5) is 0 Å². The lowest BCUT2D eigenvalue weighted by Gasteiger charge is -2.72. The Morgan fingerprint density at radius 1 is 0.842 bits per heavy atom. The van der Waals surface area contributed by atoms with E-state index < -0.39 is 11.4 Å². The van der Waals surface area contributed by atoms with E-state index in [-0.39, 0.29) is 33.7 Å². The van der Waals surface area contributed by atoms with Gasteiger partial charge in [-0.1, -0.05) is 55.4 Å². The van der Waals surface area contributed by atoms with E-state index in [0.29, 0.717) is 41.9 Å². The summed E-state index contributed by atoms with van der Waals surface area (Å²) >= 11 is 0. The number of carboxylic acid groups (broad SMARTS) is 1. The van der Waals surface area contributed by atoms with E-state index in [4.69, 9.17) is 4.74 Å². The fraction of sp³-hybridized carbons (Fsp3) is 0.941. The predicted molar refractivity (Wildman–Crippen MR) is 151 cm³/mol. The van der Waals surface area contributed by atoms with Gasteiger partial charge in [-0.25, -0.2) is 0 Å². The van der Waals surface area contributed by atoms with Crippen molar-refractivity contribution in [2.45, 2.75) is 139 Å². The molecule has 0 aromatic heterocycles. The van der Waals surface area contributed by atoms with E-state index in [0.717, 1.165) is 44.9 Å². The largest absolute Gasteiger partial charge is 0.481 e. The molecule has 4 heteroatoms. The highest BCUT2D eigenvalue weighted by Gasteiger charge is 2.72. The molecule has 38 heavy (non-hydrogen) atoms. The van der Waals surface area contributed by atoms with Crippen molar-refractivity contribution >= 4 is 11.9 Å². The lowest BCUT2D eigenvalue weighted by molar-refractivity contribution is -0.251. The molecule has 1 unspecified atom stereocenters. The van der Waals surface area contributed by atoms with Crippen LogP contribution in [0.5, 0.6) is 0 Å². The van der Waals surface area contributed by atoms with Crippen LogP contribution in [0.1, 0.15) is 132 Å². The van der Waals surface area contributed by atoms with Gasteiger partial charge in [0.15, 0.2) is 0 Å². The standard InChI is InChI=1S/C34H56O4/c1-9-10-27(35)38-26-15-16-31(6)24(30(26,4)5)14-17-33(8)25(31)12-11-23-28-22(21(2)3)13-18-34(28,29(36)37)20-19-32(23,33)7/h21-26,28H,9-20H2,1-8H3,(H,36,37)/t22-,23?,24-,25+,26-,28-,31-,32+,33+,34-/m0/s1. The minimum absolute atomic E-state index is 0.0191. The van der Waals surface area contributed by atoms with Crippen molar-refractivity contribution in [1.29, 1.82) is 0 Å². The normalized spacial score (nSPS) is 49.4. The topological polar surface area (TPSA) is 63.6 Å². The third-order valence-corrected chi connectivity index (χ3v) is 14.4. The molecule has 5 fully saturated rings. The summed E-state index contributed by atoms with van der Waals surface area (Å²) in [5.41, 5.74) is 0.157. The number of hydrogen-bond donors (Lipinski definition) is 1. The molecule has 0 bridgehead atoms. The molecule has 5 rings (SSSR count). The molecule has 0 amide bonds. The Morgan fingerprint density at radius 3 is 2.18 bits per heavy atom. The number of rotatable bonds is 5. The quantitative estimate of drug-likeness (QED) is 0.363. The van der Waals surface area contributed by atoms with Gasteiger partial charge in [0.25, 0.3) is 0 Å². The van der Waals surface area contributed by atoms with Crippen molar-refractivity contribution in [3.8, 4) is 0 Å². The molecule has 0 spiro atoms. The second kappa shape index (κ2) is 9.23. The van der Waals surface area contributed by atoms with Crippen LogP contribution in [-0.4, -0.2) is 23.1 Å². The molecule has 10 atom stereocenters. The van der Waals surface area contributed by atoms with Gasteiger partial charge in [-0.15, -0.1) is 0 Å². The molecular weight excluding hydrogens is 472 g/mol. The second-order valence-corrected chi connectivity index (χ2v) is 16.2. The molecule has 216 valence electrons. The van der Waals surface area contributed by atoms with Gasteiger partial charge in [-0.2, -0.15) is 0 Å². The third-order valence-electron chi connectivity index (χ3n) is 14.4. The number of carbonyl (C=O) groups excluding carboxylic acids is 1. The molecule has 5 saturated carbocycles. The maximum absolute atomic E-state index is 12.9. The second-order valence-electron chi connectivity index (χ2n) is 16.2. The monoisotopic (exact) mass is 528 g/mol. The number of ether oxygens (including phenoxy) is 1. The van der Waals surface area contributed by atoms with E-state index in [2.05, 4.69) is 48.5 Å². The summed E-state index contributed by atoms with van der Waals surface area (Å²) in [5.74, 6) is 2.60. The van der Waals surface area contributed by atoms with E-state index in [9.17, 15) is 14.7 Å². The van der Waals surface area contributed by atoms with Gasteiger partial charge in [0, 0.05) is 11.8 Å². The number of hydrogen-bond acceptors (Lipinski definition) is 3. The average Bonchev–Trinajstić information content (AvgIpc) is 3.23. The van der Waals surface area contributed by atoms with E-state index in [1.54, 1.807) is 0 Å². The number of carbonyl (C=O) groups is 2. The third kappa shape index (κ3) is 3.65. The zero-order valence-electron chi connectivity index (χ0n) is 25.7. The van der Waals surface area contributed by atoms with E-state index >= 15 is 0 Å². The van der Waals surface area contributed by atoms with Crippen molar-refractivity contribution in [1.82, 2.24) is 0 Å². The molecular formula is C34H56O4. The number of esters is 1. The minimum atomic E-state index is -0.506. The SMILES string of the molecule is CCCC(=O)O[C@H]1CC[C@]2(C)[C@H]3CCC4[C@@H]5[C@H](C(C)C)CC[C@]5(C(=O)O)CC[C@@]4(C)[C@]3(C)CC[C@H]2C1(C)C. The summed E-state index contributed by atoms with van der Waals surface area (Å²) in [4.78, 5) is 25.4. The predicted octanol–water partition coefficient (Wildman–Crippen LogP) is 8.52. The average molecular weight is 529 g/mol. The first-order valence-corrected chi connectivity index (χ1v) is 16.1. The number of aliphatic carboxylic acids is 1. The molecule has 0 aromatic carbocycles. The highest BCUT2D eigenvalue weighted by Crippen LogP contribution is 2.77. The molecule has 0 radical (unpaired) electrons. The molecule has 1 N–H and O–H groups in total. The van der Waals surface area contributed by atoms with Gasteiger partial charge in [-0.05, 0) is 122 Å². The van der Waals surface area contributed by atoms with Crippen molar-refractivity contribution < 1.29 is 19.4 Å². The van der Waals surface area contributed by atoms with Crippen molar-refractivity contribution in [2.24, 2.45) is 62.6 Å². The van der Waals surface area contributed by atoms with Crippen LogP contribution in [0, 0.1) is 62.6 Å². The Bertz CT molecular complexity index is 954. The Kier molecular flexibility index (Phi) is 6.92. The highest BCUT2D eigenvalue weighted by molar-refractivity contribution is 5.76. The Labute approximate surface area is 232 Å². The fourth-order valence-corrected chi connectivity index (χ4v) is 12.4. The van der Waals surface area contributed by atoms with Gasteiger partial charge in [0.05, 0.1) is 5.41 Å². The Morgan fingerprint density at radius 2 is 1.55 bits per heavy atom. The summed E-state index contributed by atoms with van der Waals surface area (Å²) in [6, 6.07) is 0. The van der Waals surface area contributed by atoms with Gasteiger partial charge in [0.2, 0.25) is 0 Å². The van der Waals surface area contributed by atoms with Crippen molar-refractivity contribution in [2.75, 3.05) is 0 Å². The fourth-order valence-electron chi connectivity index (χ4n) is 12.4. The van der Waals surface area contributed by atoms with Crippen LogP contribution in [-0.2, 0) is 14.3 Å². The molecule has 0 aliphatic heterocycles. The zero-order chi connectivity index (χ0) is 27.9. The van der Waals surface area contributed by atoms with E-state index in [1.165, 1.54) is 25.7 Å². The van der Waals surface area contributed by atoms with E-state index in [1.807, 2.05) is 6.92 Å². The van der Waals surface area contributed by atoms with Gasteiger partial charge >= 0.3 is 11.9 Å². The Balaban J connectivity index is 1.47. The van der Waals surface area contributed by atoms with Crippen molar-refractivity contribution in [3.63, 3.8) is 0 Å². The molecule has 4 nitrogen and oxygen atoms in total. The van der Waals surface area contributed by atoms with Crippen LogP contribution >= 0.6 is 0 Å². The number of fused-ring (bicyclic) bond motifs is 7. The summed E-state index contributed by atoms with van der Waals surface area (Å²) in [5, 5.41) is 10.6. The van der Waals surface area contributed by atoms with Crippen LogP contribution in [0.3, 0.4) is 0 Å². The van der Waals surface area contributed by atoms with Crippen LogP contribution in [0.2, 0.25) is 0 Å². The molecule has 5 aliphatic rings. The maximum atomic E-state index is 12.9. The summed E-state index contributed by atoms with van der Waals surface area (Å²) in [7, 11) is 0. The Hall–Kier alpha value is -1.06. The highest BCUT2D eigenvalue weighted by atomic mass is 16.5. The number of carboxylic acids is 1. The van der Waals surface area contributed by atoms with Crippen molar-refractivity contribution in [3.05, 3.63) is 0 Å². The summed E-state index contributed by atoms with van der Waals surface area (Å²) in [6.45, 7) is 19.3. The smallest absolute Gasteiger partial charge is 0.309 e. The van der Waals surface area contributed by atoms with Gasteiger partial charge in [0.1, 0.15) is 6.10 Å². The van der Waals surface area contributed by atoms with Gasteiger partial charge in [-0.3, -0.25) is 9.59 Å². The first kappa shape index (κ1) is 28.5. The zero-order valence-corrected chi connectivity index (χ0v) is 25.7. The maximum Gasteiger partial charge on any atom is 0.309 e. The van der Waals surface area contributed by atoms with Crippen LogP contribution in [0.15, 0.2) is 0 Å². The summed E-state index contributed by atoms with van der Waals surface area (Å²) < 4.78 is 6.13. The molecule has 0 aromatic rings. The molecule has 5 aliphatic carbocycles. The minimum Gasteiger partial charge on any atom is -0.481 e. The van der Waals surface area contributed by atoms with Crippen LogP contribution in [0.25, 0.3) is 0 Å². The lowest BCUT2D eigenvalue weighted by atomic mass is 9.32.